The Hall–Kier alpha value is -4.28. The Bertz CT molecular complexity index is 1940. The van der Waals surface area contributed by atoms with Gasteiger partial charge >= 0.3 is 0 Å². The molecule has 7 rings (SSSR count). The maximum absolute atomic E-state index is 4.84. The van der Waals surface area contributed by atoms with E-state index in [0.717, 1.165) is 29.2 Å². The van der Waals surface area contributed by atoms with Crippen LogP contribution in [-0.4, -0.2) is 26.0 Å². The van der Waals surface area contributed by atoms with Gasteiger partial charge < -0.3 is 8.97 Å². The number of para-hydroxylation sites is 1. The second-order valence-corrected chi connectivity index (χ2v) is 13.8. The highest BCUT2D eigenvalue weighted by atomic mass is 32.3. The Morgan fingerprint density at radius 2 is 1.74 bits per heavy atom. The summed E-state index contributed by atoms with van der Waals surface area (Å²) in [7, 11) is -1.15. The maximum atomic E-state index is 4.84. The van der Waals surface area contributed by atoms with Gasteiger partial charge in [0.2, 0.25) is 0 Å². The summed E-state index contributed by atoms with van der Waals surface area (Å²) >= 11 is 0. The molecule has 1 aliphatic rings. The SMILES string of the molecule is C=C/C=C(\C=C/Cn1c2ccccc2c2ccc3c(c21)S(C)(CC)c1ccccc1-3)c1cn2ccccc2n1. The summed E-state index contributed by atoms with van der Waals surface area (Å²) in [6.45, 7) is 7.09. The Balaban J connectivity index is 1.39. The lowest BCUT2D eigenvalue weighted by Crippen LogP contribution is -2.03. The Morgan fingerprint density at radius 3 is 2.59 bits per heavy atom. The molecule has 4 heterocycles. The predicted octanol–water partition coefficient (Wildman–Crippen LogP) is 9.12. The molecule has 0 amide bonds. The third-order valence-electron chi connectivity index (χ3n) is 8.12. The van der Waals surface area contributed by atoms with Crippen molar-refractivity contribution >= 4 is 43.1 Å². The third kappa shape index (κ3) is 3.55. The summed E-state index contributed by atoms with van der Waals surface area (Å²) in [5.74, 6) is 1.13. The van der Waals surface area contributed by atoms with Crippen LogP contribution in [0.15, 0.2) is 132 Å². The van der Waals surface area contributed by atoms with Gasteiger partial charge in [-0.15, -0.1) is 0 Å². The van der Waals surface area contributed by atoms with Crippen LogP contribution in [0.2, 0.25) is 0 Å². The molecule has 0 aliphatic carbocycles. The van der Waals surface area contributed by atoms with Gasteiger partial charge in [-0.2, -0.15) is 10.0 Å². The van der Waals surface area contributed by atoms with E-state index in [1.54, 1.807) is 0 Å². The molecule has 6 aromatic rings. The first-order valence-electron chi connectivity index (χ1n) is 13.5. The quantitative estimate of drug-likeness (QED) is 0.199. The lowest BCUT2D eigenvalue weighted by atomic mass is 10.0. The van der Waals surface area contributed by atoms with Crippen molar-refractivity contribution in [3.05, 3.63) is 128 Å². The van der Waals surface area contributed by atoms with Gasteiger partial charge in [0.1, 0.15) is 5.65 Å². The molecule has 0 radical (unpaired) electrons. The lowest BCUT2D eigenvalue weighted by Gasteiger charge is -2.33. The van der Waals surface area contributed by atoms with Gasteiger partial charge in [0.05, 0.1) is 11.2 Å². The summed E-state index contributed by atoms with van der Waals surface area (Å²) in [6, 6.07) is 28.7. The number of fused-ring (bicyclic) bond motifs is 8. The summed E-state index contributed by atoms with van der Waals surface area (Å²) in [6.07, 6.45) is 14.9. The molecule has 1 atom stereocenters. The van der Waals surface area contributed by atoms with E-state index in [-0.39, 0.29) is 0 Å². The van der Waals surface area contributed by atoms with Crippen LogP contribution >= 0.6 is 10.0 Å². The third-order valence-corrected chi connectivity index (χ3v) is 11.9. The minimum Gasteiger partial charge on any atom is -0.336 e. The number of benzene rings is 3. The number of pyridine rings is 1. The fraction of sp³-hybridized carbons (Fsp3) is 0.114. The molecule has 39 heavy (non-hydrogen) atoms. The zero-order chi connectivity index (χ0) is 26.6. The zero-order valence-electron chi connectivity index (χ0n) is 22.3. The summed E-state index contributed by atoms with van der Waals surface area (Å²) in [4.78, 5) is 7.90. The minimum absolute atomic E-state index is 0.776. The van der Waals surface area contributed by atoms with Gasteiger partial charge in [0.25, 0.3) is 0 Å². The number of nitrogens with zero attached hydrogens (tertiary/aromatic N) is 3. The van der Waals surface area contributed by atoms with Crippen LogP contribution in [0.25, 0.3) is 44.2 Å². The molecule has 192 valence electrons. The van der Waals surface area contributed by atoms with Crippen molar-refractivity contribution in [2.45, 2.75) is 23.3 Å². The number of hydrogen-bond donors (Lipinski definition) is 0. The lowest BCUT2D eigenvalue weighted by molar-refractivity contribution is 0.891. The van der Waals surface area contributed by atoms with Crippen LogP contribution in [0.1, 0.15) is 12.6 Å². The maximum Gasteiger partial charge on any atom is 0.137 e. The molecular formula is C35H31N3S. The Morgan fingerprint density at radius 1 is 0.923 bits per heavy atom. The number of aromatic nitrogens is 3. The van der Waals surface area contributed by atoms with Gasteiger partial charge in [-0.1, -0.05) is 92.4 Å². The van der Waals surface area contributed by atoms with E-state index in [2.05, 4.69) is 108 Å². The first-order chi connectivity index (χ1) is 19.1. The highest BCUT2D eigenvalue weighted by molar-refractivity contribution is 8.33. The van der Waals surface area contributed by atoms with E-state index >= 15 is 0 Å². The van der Waals surface area contributed by atoms with Crippen molar-refractivity contribution in [1.82, 2.24) is 14.0 Å². The van der Waals surface area contributed by atoms with Crippen molar-refractivity contribution < 1.29 is 0 Å². The molecule has 0 fully saturated rings. The van der Waals surface area contributed by atoms with Gasteiger partial charge in [-0.05, 0) is 47.4 Å². The fourth-order valence-corrected chi connectivity index (χ4v) is 9.35. The minimum atomic E-state index is -1.15. The molecule has 0 spiro atoms. The molecule has 3 aromatic carbocycles. The molecule has 0 saturated carbocycles. The Kier molecular flexibility index (Phi) is 5.60. The van der Waals surface area contributed by atoms with Crippen LogP contribution in [0, 0.1) is 0 Å². The van der Waals surface area contributed by atoms with E-state index in [9.17, 15) is 0 Å². The summed E-state index contributed by atoms with van der Waals surface area (Å²) in [5, 5.41) is 2.67. The number of rotatable bonds is 6. The zero-order valence-corrected chi connectivity index (χ0v) is 23.2. The number of hydrogen-bond acceptors (Lipinski definition) is 1. The van der Waals surface area contributed by atoms with E-state index in [4.69, 9.17) is 4.98 Å². The monoisotopic (exact) mass is 525 g/mol. The molecule has 3 aromatic heterocycles. The standard InChI is InChI=1S/C35H31N3S/c1-4-13-25(30-24-37-22-11-10-19-33(37)36-30)14-12-23-38-31-17-8-6-15-26(31)28-20-21-29-27-16-7-9-18-32(27)39(3,5-2)35(29)34(28)38/h4,6-22,24H,1,5,23H2,2-3H3/b14-12-,25-13+. The number of allylic oxidation sites excluding steroid dienone is 5. The van der Waals surface area contributed by atoms with Gasteiger partial charge in [0, 0.05) is 50.6 Å². The Labute approximate surface area is 230 Å². The summed E-state index contributed by atoms with van der Waals surface area (Å²) in [5.41, 5.74) is 8.41. The smallest absolute Gasteiger partial charge is 0.137 e. The van der Waals surface area contributed by atoms with Crippen LogP contribution in [0.4, 0.5) is 0 Å². The molecule has 0 saturated heterocycles. The van der Waals surface area contributed by atoms with E-state index < -0.39 is 10.0 Å². The van der Waals surface area contributed by atoms with Gasteiger partial charge in [-0.3, -0.25) is 0 Å². The highest BCUT2D eigenvalue weighted by Gasteiger charge is 2.36. The van der Waals surface area contributed by atoms with E-state index in [1.807, 2.05) is 36.5 Å². The van der Waals surface area contributed by atoms with Crippen LogP contribution in [0.5, 0.6) is 0 Å². The van der Waals surface area contributed by atoms with Crippen molar-refractivity contribution in [2.24, 2.45) is 0 Å². The number of imidazole rings is 1. The topological polar surface area (TPSA) is 22.2 Å². The van der Waals surface area contributed by atoms with E-state index in [0.29, 0.717) is 0 Å². The predicted molar refractivity (Wildman–Crippen MR) is 168 cm³/mol. The highest BCUT2D eigenvalue weighted by Crippen LogP contribution is 2.71. The largest absolute Gasteiger partial charge is 0.336 e. The second kappa shape index (κ2) is 9.18. The summed E-state index contributed by atoms with van der Waals surface area (Å²) < 4.78 is 4.59. The van der Waals surface area contributed by atoms with Gasteiger partial charge in [0.15, 0.2) is 0 Å². The normalized spacial score (nSPS) is 18.6. The molecule has 0 N–H and O–H groups in total. The van der Waals surface area contributed by atoms with Crippen molar-refractivity contribution in [3.63, 3.8) is 0 Å². The molecule has 0 bridgehead atoms. The van der Waals surface area contributed by atoms with Crippen molar-refractivity contribution in [3.8, 4) is 11.1 Å². The van der Waals surface area contributed by atoms with Crippen molar-refractivity contribution in [1.29, 1.82) is 0 Å². The van der Waals surface area contributed by atoms with Crippen LogP contribution in [-0.2, 0) is 6.54 Å². The van der Waals surface area contributed by atoms with E-state index in [1.165, 1.54) is 42.7 Å². The molecular weight excluding hydrogens is 494 g/mol. The van der Waals surface area contributed by atoms with Gasteiger partial charge in [-0.25, -0.2) is 4.98 Å². The van der Waals surface area contributed by atoms with Crippen LogP contribution < -0.4 is 0 Å². The molecule has 3 nitrogen and oxygen atoms in total. The van der Waals surface area contributed by atoms with Crippen molar-refractivity contribution in [2.75, 3.05) is 12.0 Å². The average Bonchev–Trinajstić information content (AvgIpc) is 3.62. The molecule has 1 unspecified atom stereocenters. The first kappa shape index (κ1) is 23.8. The first-order valence-corrected chi connectivity index (χ1v) is 15.7. The van der Waals surface area contributed by atoms with Crippen LogP contribution in [0.3, 0.4) is 0 Å². The molecule has 4 heteroatoms. The fourth-order valence-electron chi connectivity index (χ4n) is 6.18. The average molecular weight is 526 g/mol. The second-order valence-electron chi connectivity index (χ2n) is 10.2. The molecule has 1 aliphatic heterocycles.